The summed E-state index contributed by atoms with van der Waals surface area (Å²) in [5.41, 5.74) is 2.63. The molecule has 0 aromatic heterocycles. The standard InChI is InChI=1S/C26H34O2S2/c1-6-24(27)28-23(17-19-29-25(2,3)21-13-9-7-10-14-21)18-20-30-26(4,5)22-15-11-8-12-16-22/h6-16,23H,1,17-20H2,2-5H3. The molecule has 0 aliphatic carbocycles. The second-order valence-corrected chi connectivity index (χ2v) is 11.7. The van der Waals surface area contributed by atoms with Crippen molar-refractivity contribution in [1.29, 1.82) is 0 Å². The van der Waals surface area contributed by atoms with Crippen molar-refractivity contribution in [2.24, 2.45) is 0 Å². The summed E-state index contributed by atoms with van der Waals surface area (Å²) in [7, 11) is 0. The topological polar surface area (TPSA) is 26.3 Å². The Kier molecular flexibility index (Phi) is 9.57. The fourth-order valence-corrected chi connectivity index (χ4v) is 5.60. The highest BCUT2D eigenvalue weighted by atomic mass is 32.2. The van der Waals surface area contributed by atoms with Gasteiger partial charge < -0.3 is 4.74 Å². The molecular formula is C26H34O2S2. The number of rotatable bonds is 12. The molecule has 0 unspecified atom stereocenters. The zero-order chi connectivity index (χ0) is 22.0. The van der Waals surface area contributed by atoms with Gasteiger partial charge in [0.05, 0.1) is 0 Å². The molecule has 2 aromatic carbocycles. The maximum absolute atomic E-state index is 11.8. The summed E-state index contributed by atoms with van der Waals surface area (Å²) < 4.78 is 5.71. The average molecular weight is 443 g/mol. The maximum Gasteiger partial charge on any atom is 0.330 e. The van der Waals surface area contributed by atoms with Crippen molar-refractivity contribution < 1.29 is 9.53 Å². The van der Waals surface area contributed by atoms with Crippen LogP contribution in [0.25, 0.3) is 0 Å². The van der Waals surface area contributed by atoms with Crippen LogP contribution in [0, 0.1) is 0 Å². The third-order valence-corrected chi connectivity index (χ3v) is 7.99. The fourth-order valence-electron chi connectivity index (χ4n) is 3.21. The molecule has 0 aliphatic rings. The van der Waals surface area contributed by atoms with Crippen molar-refractivity contribution in [3.05, 3.63) is 84.4 Å². The van der Waals surface area contributed by atoms with Gasteiger partial charge in [0.25, 0.3) is 0 Å². The Morgan fingerprint density at radius 1 is 0.867 bits per heavy atom. The molecule has 30 heavy (non-hydrogen) atoms. The van der Waals surface area contributed by atoms with E-state index in [1.54, 1.807) is 0 Å². The summed E-state index contributed by atoms with van der Waals surface area (Å²) in [6.45, 7) is 12.5. The first-order valence-corrected chi connectivity index (χ1v) is 12.4. The van der Waals surface area contributed by atoms with Crippen LogP contribution in [0.4, 0.5) is 0 Å². The lowest BCUT2D eigenvalue weighted by Crippen LogP contribution is -2.21. The number of hydrogen-bond acceptors (Lipinski definition) is 4. The van der Waals surface area contributed by atoms with Crippen LogP contribution in [0.15, 0.2) is 73.3 Å². The monoisotopic (exact) mass is 442 g/mol. The molecule has 2 rings (SSSR count). The summed E-state index contributed by atoms with van der Waals surface area (Å²) in [4.78, 5) is 11.8. The van der Waals surface area contributed by atoms with Gasteiger partial charge in [0.15, 0.2) is 0 Å². The van der Waals surface area contributed by atoms with E-state index in [-0.39, 0.29) is 21.6 Å². The largest absolute Gasteiger partial charge is 0.459 e. The van der Waals surface area contributed by atoms with Gasteiger partial charge in [0, 0.05) is 15.6 Å². The molecule has 0 saturated heterocycles. The average Bonchev–Trinajstić information content (AvgIpc) is 2.74. The van der Waals surface area contributed by atoms with Crippen LogP contribution in [-0.4, -0.2) is 23.6 Å². The summed E-state index contributed by atoms with van der Waals surface area (Å²) in [6, 6.07) is 21.1. The van der Waals surface area contributed by atoms with E-state index in [0.717, 1.165) is 24.3 Å². The van der Waals surface area contributed by atoms with Gasteiger partial charge in [0.2, 0.25) is 0 Å². The van der Waals surface area contributed by atoms with Gasteiger partial charge >= 0.3 is 5.97 Å². The molecule has 0 amide bonds. The molecular weight excluding hydrogens is 408 g/mol. The van der Waals surface area contributed by atoms with Gasteiger partial charge in [0.1, 0.15) is 6.10 Å². The Balaban J connectivity index is 1.89. The van der Waals surface area contributed by atoms with Crippen LogP contribution in [0.5, 0.6) is 0 Å². The molecule has 2 aromatic rings. The van der Waals surface area contributed by atoms with E-state index < -0.39 is 0 Å². The quantitative estimate of drug-likeness (QED) is 0.256. The molecule has 0 heterocycles. The van der Waals surface area contributed by atoms with Crippen molar-refractivity contribution in [3.8, 4) is 0 Å². The lowest BCUT2D eigenvalue weighted by atomic mass is 10.0. The van der Waals surface area contributed by atoms with Crippen molar-refractivity contribution in [3.63, 3.8) is 0 Å². The Morgan fingerprint density at radius 3 is 1.63 bits per heavy atom. The van der Waals surface area contributed by atoms with E-state index in [2.05, 4.69) is 82.8 Å². The predicted octanol–water partition coefficient (Wildman–Crippen LogP) is 7.20. The highest BCUT2D eigenvalue weighted by molar-refractivity contribution is 8.00. The third-order valence-electron chi connectivity index (χ3n) is 5.19. The van der Waals surface area contributed by atoms with Crippen molar-refractivity contribution in [1.82, 2.24) is 0 Å². The molecule has 162 valence electrons. The predicted molar refractivity (Wildman–Crippen MR) is 133 cm³/mol. The van der Waals surface area contributed by atoms with E-state index in [9.17, 15) is 4.79 Å². The van der Waals surface area contributed by atoms with Crippen LogP contribution >= 0.6 is 23.5 Å². The molecule has 0 radical (unpaired) electrons. The number of carbonyl (C=O) groups excluding carboxylic acids is 1. The number of esters is 1. The van der Waals surface area contributed by atoms with Gasteiger partial charge in [-0.3, -0.25) is 0 Å². The van der Waals surface area contributed by atoms with Crippen molar-refractivity contribution >= 4 is 29.5 Å². The third kappa shape index (κ3) is 7.88. The first-order chi connectivity index (χ1) is 14.2. The minimum absolute atomic E-state index is 0.0261. The summed E-state index contributed by atoms with van der Waals surface area (Å²) in [5.74, 6) is 1.53. The van der Waals surface area contributed by atoms with Crippen LogP contribution < -0.4 is 0 Å². The van der Waals surface area contributed by atoms with Crippen LogP contribution in [0.2, 0.25) is 0 Å². The molecule has 0 bridgehead atoms. The zero-order valence-electron chi connectivity index (χ0n) is 18.6. The first kappa shape index (κ1) is 24.6. The van der Waals surface area contributed by atoms with E-state index in [4.69, 9.17) is 4.74 Å². The molecule has 4 heteroatoms. The van der Waals surface area contributed by atoms with E-state index in [0.29, 0.717) is 0 Å². The maximum atomic E-state index is 11.8. The molecule has 0 aliphatic heterocycles. The van der Waals surface area contributed by atoms with Crippen LogP contribution in [-0.2, 0) is 19.0 Å². The van der Waals surface area contributed by atoms with Crippen molar-refractivity contribution in [2.75, 3.05) is 11.5 Å². The van der Waals surface area contributed by atoms with Gasteiger partial charge in [-0.05, 0) is 63.2 Å². The number of carbonyl (C=O) groups is 1. The van der Waals surface area contributed by atoms with Gasteiger partial charge in [-0.15, -0.1) is 0 Å². The lowest BCUT2D eigenvalue weighted by molar-refractivity contribution is -0.143. The Morgan fingerprint density at radius 2 is 1.27 bits per heavy atom. The number of ether oxygens (including phenoxy) is 1. The normalized spacial score (nSPS) is 12.0. The Bertz CT molecular complexity index is 728. The summed E-state index contributed by atoms with van der Waals surface area (Å²) in [5, 5.41) is 0. The highest BCUT2D eigenvalue weighted by Gasteiger charge is 2.24. The summed E-state index contributed by atoms with van der Waals surface area (Å²) in [6.07, 6.45) is 2.85. The van der Waals surface area contributed by atoms with Crippen LogP contribution in [0.1, 0.15) is 51.7 Å². The van der Waals surface area contributed by atoms with E-state index >= 15 is 0 Å². The second kappa shape index (κ2) is 11.7. The zero-order valence-corrected chi connectivity index (χ0v) is 20.2. The van der Waals surface area contributed by atoms with Crippen molar-refractivity contribution in [2.45, 2.75) is 56.1 Å². The summed E-state index contributed by atoms with van der Waals surface area (Å²) >= 11 is 3.81. The highest BCUT2D eigenvalue weighted by Crippen LogP contribution is 2.38. The Hall–Kier alpha value is -1.65. The van der Waals surface area contributed by atoms with Gasteiger partial charge in [-0.2, -0.15) is 23.5 Å². The molecule has 2 nitrogen and oxygen atoms in total. The molecule has 0 N–H and O–H groups in total. The molecule has 0 saturated carbocycles. The Labute approximate surface area is 190 Å². The van der Waals surface area contributed by atoms with Gasteiger partial charge in [-0.25, -0.2) is 4.79 Å². The molecule has 0 fully saturated rings. The fraction of sp³-hybridized carbons (Fsp3) is 0.423. The number of benzene rings is 2. The van der Waals surface area contributed by atoms with Gasteiger partial charge in [-0.1, -0.05) is 67.2 Å². The first-order valence-electron chi connectivity index (χ1n) is 10.5. The second-order valence-electron chi connectivity index (χ2n) is 8.29. The molecule has 0 atom stereocenters. The minimum Gasteiger partial charge on any atom is -0.459 e. The van der Waals surface area contributed by atoms with Crippen LogP contribution in [0.3, 0.4) is 0 Å². The van der Waals surface area contributed by atoms with E-state index in [1.807, 2.05) is 35.7 Å². The number of hydrogen-bond donors (Lipinski definition) is 0. The molecule has 0 spiro atoms. The minimum atomic E-state index is -0.334. The van der Waals surface area contributed by atoms with E-state index in [1.165, 1.54) is 17.2 Å². The SMILES string of the molecule is C=CC(=O)OC(CCSC(C)(C)c1ccccc1)CCSC(C)(C)c1ccccc1. The lowest BCUT2D eigenvalue weighted by Gasteiger charge is -2.27. The number of thioether (sulfide) groups is 2. The smallest absolute Gasteiger partial charge is 0.330 e.